The number of hydrogen-bond donors (Lipinski definition) is 1. The van der Waals surface area contributed by atoms with Gasteiger partial charge in [0.05, 0.1) is 27.1 Å². The molecule has 4 atom stereocenters. The van der Waals surface area contributed by atoms with Crippen LogP contribution in [0.2, 0.25) is 0 Å². The summed E-state index contributed by atoms with van der Waals surface area (Å²) in [4.78, 5) is 43.2. The lowest BCUT2D eigenvalue weighted by atomic mass is 9.85. The third kappa shape index (κ3) is 2.23. The number of aryl methyl sites for hydroxylation is 1. The highest BCUT2D eigenvalue weighted by Crippen LogP contribution is 2.52. The normalized spacial score (nSPS) is 29.0. The van der Waals surface area contributed by atoms with Gasteiger partial charge in [-0.2, -0.15) is 0 Å². The molecule has 3 amide bonds. The fourth-order valence-electron chi connectivity index (χ4n) is 4.58. The molecule has 2 bridgehead atoms. The number of nitrogens with zero attached hydrogens (tertiary/aromatic N) is 2. The van der Waals surface area contributed by atoms with Crippen LogP contribution in [0, 0.1) is 30.6 Å². The molecule has 1 aliphatic heterocycles. The van der Waals surface area contributed by atoms with E-state index in [2.05, 4.69) is 10.3 Å². The van der Waals surface area contributed by atoms with Crippen LogP contribution in [0.1, 0.15) is 11.4 Å². The molecule has 132 valence electrons. The minimum Gasteiger partial charge on any atom is -0.324 e. The van der Waals surface area contributed by atoms with Crippen molar-refractivity contribution in [1.29, 1.82) is 0 Å². The minimum absolute atomic E-state index is 0.159. The van der Waals surface area contributed by atoms with E-state index in [-0.39, 0.29) is 47.9 Å². The van der Waals surface area contributed by atoms with Crippen molar-refractivity contribution >= 4 is 45.0 Å². The monoisotopic (exact) mass is 367 g/mol. The van der Waals surface area contributed by atoms with Crippen LogP contribution in [0.5, 0.6) is 0 Å². The Morgan fingerprint density at radius 3 is 2.62 bits per heavy atom. The van der Waals surface area contributed by atoms with E-state index in [1.165, 1.54) is 0 Å². The maximum Gasteiger partial charge on any atom is 0.244 e. The van der Waals surface area contributed by atoms with Gasteiger partial charge in [0.1, 0.15) is 6.54 Å². The first kappa shape index (κ1) is 15.7. The first-order chi connectivity index (χ1) is 12.5. The van der Waals surface area contributed by atoms with E-state index in [0.717, 1.165) is 26.5 Å². The van der Waals surface area contributed by atoms with Crippen LogP contribution in [0.3, 0.4) is 0 Å². The summed E-state index contributed by atoms with van der Waals surface area (Å²) in [5.74, 6) is -0.949. The van der Waals surface area contributed by atoms with E-state index in [1.807, 2.05) is 31.2 Å². The van der Waals surface area contributed by atoms with E-state index in [0.29, 0.717) is 5.69 Å². The van der Waals surface area contributed by atoms with Crippen LogP contribution in [-0.2, 0) is 14.4 Å². The Morgan fingerprint density at radius 1 is 1.23 bits per heavy atom. The molecule has 5 rings (SSSR count). The topological polar surface area (TPSA) is 79.4 Å². The maximum absolute atomic E-state index is 12.6. The number of likely N-dealkylation sites (tertiary alicyclic amines) is 1. The molecule has 0 radical (unpaired) electrons. The molecule has 0 unspecified atom stereocenters. The zero-order valence-electron chi connectivity index (χ0n) is 14.1. The third-order valence-electron chi connectivity index (χ3n) is 5.64. The number of nitrogens with one attached hydrogen (secondary N) is 1. The molecule has 3 aliphatic rings. The van der Waals surface area contributed by atoms with Gasteiger partial charge in [-0.1, -0.05) is 12.2 Å². The molecule has 2 aromatic rings. The molecule has 7 heteroatoms. The minimum atomic E-state index is -0.354. The molecule has 26 heavy (non-hydrogen) atoms. The SMILES string of the molecule is Cc1nc2ccc(NC(=O)CN3C(=O)[C@@H]4[C@H](C3=O)[C@H]3C=C[C@H]4C3)cc2s1. The largest absolute Gasteiger partial charge is 0.324 e. The van der Waals surface area contributed by atoms with Crippen molar-refractivity contribution < 1.29 is 14.4 Å². The third-order valence-corrected chi connectivity index (χ3v) is 6.58. The quantitative estimate of drug-likeness (QED) is 0.667. The van der Waals surface area contributed by atoms with Gasteiger partial charge in [0, 0.05) is 5.69 Å². The van der Waals surface area contributed by atoms with Gasteiger partial charge in [0.25, 0.3) is 0 Å². The first-order valence-corrected chi connectivity index (χ1v) is 9.53. The number of anilines is 1. The number of carbonyl (C=O) groups excluding carboxylic acids is 3. The molecular formula is C19H17N3O3S. The molecule has 2 aliphatic carbocycles. The summed E-state index contributed by atoms with van der Waals surface area (Å²) in [5, 5.41) is 3.76. The van der Waals surface area contributed by atoms with E-state index in [1.54, 1.807) is 17.4 Å². The van der Waals surface area contributed by atoms with Crippen LogP contribution >= 0.6 is 11.3 Å². The Labute approximate surface area is 153 Å². The second kappa shape index (κ2) is 5.48. The lowest BCUT2D eigenvalue weighted by Crippen LogP contribution is -2.39. The molecule has 6 nitrogen and oxygen atoms in total. The van der Waals surface area contributed by atoms with E-state index >= 15 is 0 Å². The van der Waals surface area contributed by atoms with Crippen molar-refractivity contribution in [1.82, 2.24) is 9.88 Å². The van der Waals surface area contributed by atoms with Gasteiger partial charge in [0.2, 0.25) is 17.7 Å². The maximum atomic E-state index is 12.6. The van der Waals surface area contributed by atoms with Gasteiger partial charge in [-0.25, -0.2) is 4.98 Å². The molecule has 0 spiro atoms. The van der Waals surface area contributed by atoms with E-state index in [9.17, 15) is 14.4 Å². The number of rotatable bonds is 3. The summed E-state index contributed by atoms with van der Waals surface area (Å²) in [6.45, 7) is 1.72. The predicted molar refractivity (Wildman–Crippen MR) is 97.4 cm³/mol. The summed E-state index contributed by atoms with van der Waals surface area (Å²) < 4.78 is 0.991. The fraction of sp³-hybridized carbons (Fsp3) is 0.368. The standard InChI is InChI=1S/C19H17N3O3S/c1-9-20-13-5-4-12(7-14(13)26-9)21-15(23)8-22-18(24)16-10-2-3-11(6-10)17(16)19(22)25/h2-5,7,10-11,16-17H,6,8H2,1H3,(H,21,23)/t10-,11-,16-,17+/m0/s1. The van der Waals surface area contributed by atoms with Crippen molar-refractivity contribution in [2.45, 2.75) is 13.3 Å². The molecule has 1 saturated carbocycles. The lowest BCUT2D eigenvalue weighted by molar-refractivity contribution is -0.143. The smallest absolute Gasteiger partial charge is 0.244 e. The lowest BCUT2D eigenvalue weighted by Gasteiger charge is -2.16. The molecule has 1 saturated heterocycles. The Balaban J connectivity index is 1.31. The number of amides is 3. The average Bonchev–Trinajstić information content (AvgIpc) is 3.34. The number of benzene rings is 1. The summed E-state index contributed by atoms with van der Waals surface area (Å²) in [6, 6.07) is 5.50. The van der Waals surface area contributed by atoms with Gasteiger partial charge in [-0.15, -0.1) is 11.3 Å². The van der Waals surface area contributed by atoms with Crippen LogP contribution < -0.4 is 5.32 Å². The van der Waals surface area contributed by atoms with E-state index in [4.69, 9.17) is 0 Å². The van der Waals surface area contributed by atoms with Crippen LogP contribution in [0.4, 0.5) is 5.69 Å². The van der Waals surface area contributed by atoms with Gasteiger partial charge in [-0.05, 0) is 43.4 Å². The van der Waals surface area contributed by atoms with Crippen molar-refractivity contribution in [3.05, 3.63) is 35.4 Å². The number of imide groups is 1. The van der Waals surface area contributed by atoms with Crippen molar-refractivity contribution in [2.24, 2.45) is 23.7 Å². The number of allylic oxidation sites excluding steroid dienone is 2. The molecular weight excluding hydrogens is 350 g/mol. The Bertz CT molecular complexity index is 965. The highest BCUT2D eigenvalue weighted by molar-refractivity contribution is 7.18. The molecule has 2 fully saturated rings. The predicted octanol–water partition coefficient (Wildman–Crippen LogP) is 2.35. The summed E-state index contributed by atoms with van der Waals surface area (Å²) in [6.07, 6.45) is 4.99. The zero-order chi connectivity index (χ0) is 18.0. The van der Waals surface area contributed by atoms with Crippen molar-refractivity contribution in [3.63, 3.8) is 0 Å². The van der Waals surface area contributed by atoms with Crippen LogP contribution in [0.15, 0.2) is 30.4 Å². The number of thiazole rings is 1. The number of carbonyl (C=O) groups is 3. The zero-order valence-corrected chi connectivity index (χ0v) is 15.0. The Hall–Kier alpha value is -2.54. The molecule has 1 N–H and O–H groups in total. The van der Waals surface area contributed by atoms with Gasteiger partial charge in [-0.3, -0.25) is 19.3 Å². The fourth-order valence-corrected chi connectivity index (χ4v) is 5.45. The van der Waals surface area contributed by atoms with Gasteiger partial charge >= 0.3 is 0 Å². The van der Waals surface area contributed by atoms with Crippen LogP contribution in [0.25, 0.3) is 10.2 Å². The summed E-state index contributed by atoms with van der Waals surface area (Å²) in [5.41, 5.74) is 1.54. The summed E-state index contributed by atoms with van der Waals surface area (Å²) >= 11 is 1.56. The summed E-state index contributed by atoms with van der Waals surface area (Å²) in [7, 11) is 0. The van der Waals surface area contributed by atoms with Crippen molar-refractivity contribution in [2.75, 3.05) is 11.9 Å². The molecule has 1 aromatic heterocycles. The first-order valence-electron chi connectivity index (χ1n) is 8.72. The highest BCUT2D eigenvalue weighted by atomic mass is 32.1. The molecule has 2 heterocycles. The van der Waals surface area contributed by atoms with E-state index < -0.39 is 0 Å². The highest BCUT2D eigenvalue weighted by Gasteiger charge is 2.59. The second-order valence-corrected chi connectivity index (χ2v) is 8.46. The van der Waals surface area contributed by atoms with Gasteiger partial charge < -0.3 is 5.32 Å². The number of aromatic nitrogens is 1. The van der Waals surface area contributed by atoms with Crippen molar-refractivity contribution in [3.8, 4) is 0 Å². The average molecular weight is 367 g/mol. The Morgan fingerprint density at radius 2 is 1.92 bits per heavy atom. The molecule has 1 aromatic carbocycles. The second-order valence-electron chi connectivity index (χ2n) is 7.23. The number of hydrogen-bond acceptors (Lipinski definition) is 5. The Kier molecular flexibility index (Phi) is 3.31. The van der Waals surface area contributed by atoms with Gasteiger partial charge in [0.15, 0.2) is 0 Å². The van der Waals surface area contributed by atoms with Crippen LogP contribution in [-0.4, -0.2) is 34.2 Å². The number of fused-ring (bicyclic) bond motifs is 6.